The van der Waals surface area contributed by atoms with E-state index in [1.807, 2.05) is 6.92 Å². The summed E-state index contributed by atoms with van der Waals surface area (Å²) < 4.78 is 0. The second-order valence-electron chi connectivity index (χ2n) is 3.11. The first-order valence-electron chi connectivity index (χ1n) is 4.79. The van der Waals surface area contributed by atoms with E-state index in [2.05, 4.69) is 27.2 Å². The van der Waals surface area contributed by atoms with Crippen molar-refractivity contribution in [2.75, 3.05) is 6.54 Å². The van der Waals surface area contributed by atoms with Crippen molar-refractivity contribution in [1.82, 2.24) is 15.3 Å². The van der Waals surface area contributed by atoms with E-state index in [9.17, 15) is 0 Å². The number of aromatic amines is 1. The Hall–Kier alpha value is -1.52. The monoisotopic (exact) mass is 195 g/mol. The van der Waals surface area contributed by atoms with Gasteiger partial charge in [-0.1, -0.05) is 6.92 Å². The van der Waals surface area contributed by atoms with E-state index >= 15 is 0 Å². The summed E-state index contributed by atoms with van der Waals surface area (Å²) in [6, 6.07) is 0.0607. The number of hydrogen-bond donors (Lipinski definition) is 3. The first-order valence-corrected chi connectivity index (χ1v) is 4.79. The molecular formula is C9H17N5. The molecule has 1 aromatic heterocycles. The zero-order valence-corrected chi connectivity index (χ0v) is 8.62. The van der Waals surface area contributed by atoms with Crippen LogP contribution < -0.4 is 11.1 Å². The Morgan fingerprint density at radius 2 is 2.57 bits per heavy atom. The lowest BCUT2D eigenvalue weighted by atomic mass is 10.3. The molecule has 0 aliphatic rings. The number of guanidine groups is 1. The second kappa shape index (κ2) is 5.26. The third-order valence-electron chi connectivity index (χ3n) is 1.80. The fourth-order valence-electron chi connectivity index (χ4n) is 1.08. The number of aliphatic imine (C=N–C) groups is 1. The molecule has 4 N–H and O–H groups in total. The highest BCUT2D eigenvalue weighted by Gasteiger charge is 2.06. The Balaban J connectivity index is 2.44. The fourth-order valence-corrected chi connectivity index (χ4v) is 1.08. The molecule has 0 spiro atoms. The first-order chi connectivity index (χ1) is 6.74. The van der Waals surface area contributed by atoms with Gasteiger partial charge < -0.3 is 16.0 Å². The van der Waals surface area contributed by atoms with Gasteiger partial charge in [-0.05, 0) is 13.3 Å². The van der Waals surface area contributed by atoms with Gasteiger partial charge >= 0.3 is 0 Å². The van der Waals surface area contributed by atoms with Gasteiger partial charge in [0.2, 0.25) is 0 Å². The van der Waals surface area contributed by atoms with Gasteiger partial charge in [-0.25, -0.2) is 4.98 Å². The van der Waals surface area contributed by atoms with Crippen LogP contribution >= 0.6 is 0 Å². The third-order valence-corrected chi connectivity index (χ3v) is 1.80. The summed E-state index contributed by atoms with van der Waals surface area (Å²) >= 11 is 0. The number of nitrogens with one attached hydrogen (secondary N) is 2. The lowest BCUT2D eigenvalue weighted by molar-refractivity contribution is 0.665. The van der Waals surface area contributed by atoms with Crippen LogP contribution in [-0.4, -0.2) is 22.5 Å². The minimum absolute atomic E-state index is 0.0607. The highest BCUT2D eigenvalue weighted by molar-refractivity contribution is 5.78. The maximum atomic E-state index is 5.66. The number of imidazole rings is 1. The standard InChI is InChI=1S/C9H17N5/c1-3-4-13-9(10)14-7(2)8-11-5-6-12-8/h5-7H,3-4H2,1-2H3,(H,11,12)(H3,10,13,14). The largest absolute Gasteiger partial charge is 0.370 e. The Labute approximate surface area is 83.8 Å². The number of aromatic nitrogens is 2. The molecule has 1 rings (SSSR count). The molecule has 0 aromatic carbocycles. The van der Waals surface area contributed by atoms with Crippen LogP contribution in [0, 0.1) is 0 Å². The summed E-state index contributed by atoms with van der Waals surface area (Å²) in [7, 11) is 0. The molecule has 0 radical (unpaired) electrons. The number of nitrogens with two attached hydrogens (primary N) is 1. The molecule has 1 unspecified atom stereocenters. The van der Waals surface area contributed by atoms with Crippen LogP contribution in [0.3, 0.4) is 0 Å². The molecule has 1 aromatic rings. The lowest BCUT2D eigenvalue weighted by Crippen LogP contribution is -2.34. The summed E-state index contributed by atoms with van der Waals surface area (Å²) in [5.74, 6) is 1.33. The van der Waals surface area contributed by atoms with Crippen LogP contribution in [0.1, 0.15) is 32.1 Å². The maximum absolute atomic E-state index is 5.66. The van der Waals surface area contributed by atoms with Gasteiger partial charge in [0.05, 0.1) is 6.04 Å². The van der Waals surface area contributed by atoms with Crippen LogP contribution in [0.4, 0.5) is 0 Å². The lowest BCUT2D eigenvalue weighted by Gasteiger charge is -2.11. The Bertz CT molecular complexity index is 277. The van der Waals surface area contributed by atoms with Crippen molar-refractivity contribution in [3.8, 4) is 0 Å². The molecule has 0 bridgehead atoms. The van der Waals surface area contributed by atoms with Gasteiger partial charge in [0.1, 0.15) is 5.82 Å². The number of hydrogen-bond acceptors (Lipinski definition) is 2. The molecular weight excluding hydrogens is 178 g/mol. The SMILES string of the molecule is CCCN=C(N)NC(C)c1ncc[nH]1. The highest BCUT2D eigenvalue weighted by atomic mass is 15.1. The molecule has 0 fully saturated rings. The van der Waals surface area contributed by atoms with Crippen molar-refractivity contribution in [2.45, 2.75) is 26.3 Å². The fraction of sp³-hybridized carbons (Fsp3) is 0.556. The summed E-state index contributed by atoms with van der Waals surface area (Å²) in [4.78, 5) is 11.3. The smallest absolute Gasteiger partial charge is 0.189 e. The van der Waals surface area contributed by atoms with E-state index < -0.39 is 0 Å². The predicted octanol–water partition coefficient (Wildman–Crippen LogP) is 0.785. The molecule has 0 saturated carbocycles. The molecule has 0 aliphatic carbocycles. The van der Waals surface area contributed by atoms with Crippen molar-refractivity contribution < 1.29 is 0 Å². The Morgan fingerprint density at radius 3 is 3.14 bits per heavy atom. The zero-order chi connectivity index (χ0) is 10.4. The van der Waals surface area contributed by atoms with Crippen LogP contribution in [0.25, 0.3) is 0 Å². The van der Waals surface area contributed by atoms with Gasteiger partial charge in [-0.2, -0.15) is 0 Å². The van der Waals surface area contributed by atoms with Crippen molar-refractivity contribution in [1.29, 1.82) is 0 Å². The van der Waals surface area contributed by atoms with Crippen LogP contribution in [0.15, 0.2) is 17.4 Å². The molecule has 5 heteroatoms. The molecule has 0 saturated heterocycles. The van der Waals surface area contributed by atoms with E-state index in [4.69, 9.17) is 5.73 Å². The molecule has 1 heterocycles. The van der Waals surface area contributed by atoms with Gasteiger partial charge in [-0.3, -0.25) is 4.99 Å². The second-order valence-corrected chi connectivity index (χ2v) is 3.11. The Kier molecular flexibility index (Phi) is 3.97. The minimum Gasteiger partial charge on any atom is -0.370 e. The maximum Gasteiger partial charge on any atom is 0.189 e. The average Bonchev–Trinajstić information content (AvgIpc) is 2.67. The van der Waals surface area contributed by atoms with Gasteiger partial charge in [0.15, 0.2) is 5.96 Å². The predicted molar refractivity (Wildman–Crippen MR) is 56.9 cm³/mol. The molecule has 78 valence electrons. The highest BCUT2D eigenvalue weighted by Crippen LogP contribution is 2.03. The summed E-state index contributed by atoms with van der Waals surface area (Å²) in [6.45, 7) is 4.80. The third kappa shape index (κ3) is 3.08. The zero-order valence-electron chi connectivity index (χ0n) is 8.62. The van der Waals surface area contributed by atoms with Gasteiger partial charge in [0.25, 0.3) is 0 Å². The van der Waals surface area contributed by atoms with Crippen LogP contribution in [0.5, 0.6) is 0 Å². The summed E-state index contributed by atoms with van der Waals surface area (Å²) in [6.07, 6.45) is 4.50. The van der Waals surface area contributed by atoms with E-state index in [1.54, 1.807) is 12.4 Å². The van der Waals surface area contributed by atoms with E-state index in [-0.39, 0.29) is 6.04 Å². The molecule has 0 aliphatic heterocycles. The van der Waals surface area contributed by atoms with E-state index in [0.29, 0.717) is 5.96 Å². The Morgan fingerprint density at radius 1 is 1.79 bits per heavy atom. The minimum atomic E-state index is 0.0607. The first kappa shape index (κ1) is 10.6. The topological polar surface area (TPSA) is 79.1 Å². The van der Waals surface area contributed by atoms with Crippen molar-refractivity contribution >= 4 is 5.96 Å². The van der Waals surface area contributed by atoms with Crippen molar-refractivity contribution in [3.63, 3.8) is 0 Å². The van der Waals surface area contributed by atoms with Gasteiger partial charge in [-0.15, -0.1) is 0 Å². The molecule has 1 atom stereocenters. The van der Waals surface area contributed by atoms with E-state index in [1.165, 1.54) is 0 Å². The van der Waals surface area contributed by atoms with Crippen molar-refractivity contribution in [3.05, 3.63) is 18.2 Å². The van der Waals surface area contributed by atoms with Crippen LogP contribution in [0.2, 0.25) is 0 Å². The molecule has 14 heavy (non-hydrogen) atoms. The van der Waals surface area contributed by atoms with Crippen LogP contribution in [-0.2, 0) is 0 Å². The summed E-state index contributed by atoms with van der Waals surface area (Å²) in [5.41, 5.74) is 5.66. The number of nitrogens with zero attached hydrogens (tertiary/aromatic N) is 2. The summed E-state index contributed by atoms with van der Waals surface area (Å²) in [5, 5.41) is 3.05. The van der Waals surface area contributed by atoms with E-state index in [0.717, 1.165) is 18.8 Å². The molecule has 0 amide bonds. The quantitative estimate of drug-likeness (QED) is 0.491. The number of H-pyrrole nitrogens is 1. The normalized spacial score (nSPS) is 14.0. The average molecular weight is 195 g/mol. The van der Waals surface area contributed by atoms with Crippen molar-refractivity contribution in [2.24, 2.45) is 10.7 Å². The number of rotatable bonds is 4. The van der Waals surface area contributed by atoms with Gasteiger partial charge in [0, 0.05) is 18.9 Å². The molecule has 5 nitrogen and oxygen atoms in total.